The Hall–Kier alpha value is -2.77. The quantitative estimate of drug-likeness (QED) is 0.738. The molecule has 0 aromatic heterocycles. The molecule has 3 amide bonds. The van der Waals surface area contributed by atoms with Gasteiger partial charge < -0.3 is 25.2 Å². The van der Waals surface area contributed by atoms with Crippen LogP contribution in [0, 0.1) is 0 Å². The molecular weight excluding hydrogens is 372 g/mol. The van der Waals surface area contributed by atoms with Crippen molar-refractivity contribution in [1.29, 1.82) is 0 Å². The number of fused-ring (bicyclic) bond motifs is 1. The molecule has 3 rings (SSSR count). The minimum Gasteiger partial charge on any atom is -0.477 e. The number of carbonyl (C=O) groups excluding carboxylic acids is 3. The van der Waals surface area contributed by atoms with E-state index in [9.17, 15) is 14.4 Å². The molecule has 2 aliphatic heterocycles. The highest BCUT2D eigenvalue weighted by molar-refractivity contribution is 5.88. The van der Waals surface area contributed by atoms with E-state index < -0.39 is 6.10 Å². The van der Waals surface area contributed by atoms with Crippen LogP contribution in [0.1, 0.15) is 33.1 Å². The average Bonchev–Trinajstić information content (AvgIpc) is 2.72. The number of hydrogen-bond acceptors (Lipinski definition) is 5. The minimum absolute atomic E-state index is 0.0204. The van der Waals surface area contributed by atoms with E-state index in [-0.39, 0.29) is 36.9 Å². The van der Waals surface area contributed by atoms with Gasteiger partial charge >= 0.3 is 0 Å². The predicted octanol–water partition coefficient (Wildman–Crippen LogP) is 0.907. The highest BCUT2D eigenvalue weighted by Crippen LogP contribution is 2.33. The first kappa shape index (κ1) is 21.0. The second-order valence-corrected chi connectivity index (χ2v) is 7.84. The summed E-state index contributed by atoms with van der Waals surface area (Å²) >= 11 is 0. The summed E-state index contributed by atoms with van der Waals surface area (Å²) in [6.45, 7) is 5.53. The van der Waals surface area contributed by atoms with Crippen LogP contribution in [0.4, 0.5) is 5.69 Å². The summed E-state index contributed by atoms with van der Waals surface area (Å²) in [5.74, 6) is 0.0686. The highest BCUT2D eigenvalue weighted by Gasteiger charge is 2.34. The van der Waals surface area contributed by atoms with E-state index in [1.54, 1.807) is 0 Å². The Labute approximate surface area is 171 Å². The van der Waals surface area contributed by atoms with E-state index in [4.69, 9.17) is 4.74 Å². The van der Waals surface area contributed by atoms with Gasteiger partial charge in [-0.1, -0.05) is 12.1 Å². The molecule has 1 fully saturated rings. The number of amides is 3. The Balaban J connectivity index is 1.64. The van der Waals surface area contributed by atoms with E-state index >= 15 is 0 Å². The lowest BCUT2D eigenvalue weighted by Gasteiger charge is -2.38. The van der Waals surface area contributed by atoms with Gasteiger partial charge in [0.2, 0.25) is 11.8 Å². The first-order chi connectivity index (χ1) is 13.9. The average molecular weight is 402 g/mol. The normalized spacial score (nSPS) is 18.7. The first-order valence-electron chi connectivity index (χ1n) is 10.3. The molecule has 29 heavy (non-hydrogen) atoms. The predicted molar refractivity (Wildman–Crippen MR) is 110 cm³/mol. The van der Waals surface area contributed by atoms with Crippen LogP contribution in [-0.2, 0) is 14.4 Å². The Bertz CT molecular complexity index is 746. The van der Waals surface area contributed by atoms with Crippen molar-refractivity contribution >= 4 is 23.4 Å². The van der Waals surface area contributed by atoms with Gasteiger partial charge in [-0.15, -0.1) is 0 Å². The van der Waals surface area contributed by atoms with E-state index in [2.05, 4.69) is 10.6 Å². The van der Waals surface area contributed by atoms with Crippen molar-refractivity contribution in [2.75, 3.05) is 37.6 Å². The van der Waals surface area contributed by atoms with Crippen LogP contribution in [0.25, 0.3) is 0 Å². The summed E-state index contributed by atoms with van der Waals surface area (Å²) in [6.07, 6.45) is 2.54. The molecule has 1 aromatic rings. The van der Waals surface area contributed by atoms with Gasteiger partial charge in [0.25, 0.3) is 5.91 Å². The molecule has 158 valence electrons. The van der Waals surface area contributed by atoms with Crippen LogP contribution in [0.5, 0.6) is 5.75 Å². The summed E-state index contributed by atoms with van der Waals surface area (Å²) in [7, 11) is 0. The molecule has 0 aliphatic carbocycles. The topological polar surface area (TPSA) is 91.0 Å². The molecule has 8 heteroatoms. The summed E-state index contributed by atoms with van der Waals surface area (Å²) in [6, 6.07) is 7.42. The van der Waals surface area contributed by atoms with Gasteiger partial charge in [-0.25, -0.2) is 0 Å². The van der Waals surface area contributed by atoms with Crippen molar-refractivity contribution in [3.05, 3.63) is 24.3 Å². The van der Waals surface area contributed by atoms with Crippen LogP contribution in [0.15, 0.2) is 24.3 Å². The monoisotopic (exact) mass is 402 g/mol. The Morgan fingerprint density at radius 2 is 1.83 bits per heavy atom. The van der Waals surface area contributed by atoms with Gasteiger partial charge in [-0.05, 0) is 45.2 Å². The molecule has 0 unspecified atom stereocenters. The lowest BCUT2D eigenvalue weighted by atomic mass is 10.1. The maximum absolute atomic E-state index is 12.9. The van der Waals surface area contributed by atoms with Gasteiger partial charge in [-0.3, -0.25) is 14.4 Å². The number of ether oxygens (including phenoxy) is 1. The largest absolute Gasteiger partial charge is 0.477 e. The van der Waals surface area contributed by atoms with Gasteiger partial charge in [0.15, 0.2) is 6.10 Å². The third-order valence-corrected chi connectivity index (χ3v) is 5.03. The molecule has 1 atom stereocenters. The van der Waals surface area contributed by atoms with Crippen LogP contribution >= 0.6 is 0 Å². The summed E-state index contributed by atoms with van der Waals surface area (Å²) in [5, 5.41) is 5.38. The highest BCUT2D eigenvalue weighted by atomic mass is 16.5. The third-order valence-electron chi connectivity index (χ3n) is 5.03. The molecule has 0 bridgehead atoms. The van der Waals surface area contributed by atoms with Gasteiger partial charge in [0.05, 0.1) is 25.3 Å². The fraction of sp³-hybridized carbons (Fsp3) is 0.571. The number of nitrogens with zero attached hydrogens (tertiary/aromatic N) is 2. The van der Waals surface area contributed by atoms with Gasteiger partial charge in [0, 0.05) is 19.1 Å². The Morgan fingerprint density at radius 3 is 2.55 bits per heavy atom. The van der Waals surface area contributed by atoms with E-state index in [0.29, 0.717) is 12.3 Å². The van der Waals surface area contributed by atoms with E-state index in [1.165, 1.54) is 0 Å². The number of anilines is 1. The standard InChI is InChI=1S/C21H30N4O4/c1-15(2)23-19(26)12-22-20(27)14-25-13-18(21(28)24-10-6-3-7-11-24)29-17-9-5-4-8-16(17)25/h4-5,8-9,15,18H,3,6-7,10-14H2,1-2H3,(H,22,27)(H,23,26)/t18-/m1/s1. The lowest BCUT2D eigenvalue weighted by Crippen LogP contribution is -2.53. The fourth-order valence-electron chi connectivity index (χ4n) is 3.68. The van der Waals surface area contributed by atoms with Crippen LogP contribution in [-0.4, -0.2) is 67.5 Å². The summed E-state index contributed by atoms with van der Waals surface area (Å²) in [4.78, 5) is 40.8. The second-order valence-electron chi connectivity index (χ2n) is 7.84. The molecule has 2 aliphatic rings. The van der Waals surface area contributed by atoms with E-state index in [0.717, 1.165) is 38.0 Å². The fourth-order valence-corrected chi connectivity index (χ4v) is 3.68. The van der Waals surface area contributed by atoms with Crippen molar-refractivity contribution in [3.8, 4) is 5.75 Å². The van der Waals surface area contributed by atoms with Crippen LogP contribution in [0.3, 0.4) is 0 Å². The number of carbonyl (C=O) groups is 3. The van der Waals surface area contributed by atoms with Gasteiger partial charge in [-0.2, -0.15) is 0 Å². The number of likely N-dealkylation sites (tertiary alicyclic amines) is 1. The number of piperidine rings is 1. The Kier molecular flexibility index (Phi) is 6.95. The number of rotatable bonds is 6. The molecule has 2 heterocycles. The minimum atomic E-state index is -0.639. The van der Waals surface area contributed by atoms with Gasteiger partial charge in [0.1, 0.15) is 5.75 Å². The molecule has 2 N–H and O–H groups in total. The molecular formula is C21H30N4O4. The maximum Gasteiger partial charge on any atom is 0.265 e. The number of hydrogen-bond donors (Lipinski definition) is 2. The first-order valence-corrected chi connectivity index (χ1v) is 10.3. The van der Waals surface area contributed by atoms with Crippen LogP contribution in [0.2, 0.25) is 0 Å². The molecule has 8 nitrogen and oxygen atoms in total. The van der Waals surface area contributed by atoms with Crippen molar-refractivity contribution in [1.82, 2.24) is 15.5 Å². The molecule has 1 saturated heterocycles. The van der Waals surface area contributed by atoms with Crippen molar-refractivity contribution in [3.63, 3.8) is 0 Å². The number of benzene rings is 1. The molecule has 0 saturated carbocycles. The zero-order chi connectivity index (χ0) is 20.8. The van der Waals surface area contributed by atoms with Crippen LogP contribution < -0.4 is 20.3 Å². The second kappa shape index (κ2) is 9.62. The van der Waals surface area contributed by atoms with Crippen molar-refractivity contribution < 1.29 is 19.1 Å². The zero-order valence-electron chi connectivity index (χ0n) is 17.1. The Morgan fingerprint density at radius 1 is 1.10 bits per heavy atom. The summed E-state index contributed by atoms with van der Waals surface area (Å²) in [5.41, 5.74) is 0.775. The molecule has 0 radical (unpaired) electrons. The van der Waals surface area contributed by atoms with E-state index in [1.807, 2.05) is 47.9 Å². The molecule has 1 aromatic carbocycles. The maximum atomic E-state index is 12.9. The SMILES string of the molecule is CC(C)NC(=O)CNC(=O)CN1C[C@H](C(=O)N2CCCCC2)Oc2ccccc21. The smallest absolute Gasteiger partial charge is 0.265 e. The number of para-hydroxylation sites is 2. The molecule has 0 spiro atoms. The zero-order valence-corrected chi connectivity index (χ0v) is 17.1. The lowest BCUT2D eigenvalue weighted by molar-refractivity contribution is -0.139. The van der Waals surface area contributed by atoms with Crippen molar-refractivity contribution in [2.45, 2.75) is 45.3 Å². The third kappa shape index (κ3) is 5.62. The number of nitrogens with one attached hydrogen (secondary N) is 2. The van der Waals surface area contributed by atoms with Crippen molar-refractivity contribution in [2.24, 2.45) is 0 Å². The summed E-state index contributed by atoms with van der Waals surface area (Å²) < 4.78 is 5.97.